The molecule has 2 N–H and O–H groups in total. The van der Waals surface area contributed by atoms with Gasteiger partial charge in [-0.05, 0) is 12.1 Å². The van der Waals surface area contributed by atoms with E-state index < -0.39 is 5.91 Å². The van der Waals surface area contributed by atoms with Crippen LogP contribution in [-0.2, 0) is 0 Å². The number of carbonyl (C=O) groups is 1. The molecule has 2 aromatic rings. The van der Waals surface area contributed by atoms with Gasteiger partial charge in [0.2, 0.25) is 0 Å². The van der Waals surface area contributed by atoms with Crippen LogP contribution in [0, 0.1) is 0 Å². The van der Waals surface area contributed by atoms with Gasteiger partial charge in [0, 0.05) is 5.39 Å². The smallest absolute Gasteiger partial charge is 0.267 e. The van der Waals surface area contributed by atoms with Crippen LogP contribution >= 0.6 is 0 Å². The second kappa shape index (κ2) is 4.65. The van der Waals surface area contributed by atoms with Gasteiger partial charge in [-0.15, -0.1) is 0 Å². The van der Waals surface area contributed by atoms with E-state index in [0.717, 1.165) is 5.39 Å². The fourth-order valence-corrected chi connectivity index (χ4v) is 1.52. The monoisotopic (exact) mass is 228 g/mol. The van der Waals surface area contributed by atoms with Crippen molar-refractivity contribution in [1.82, 2.24) is 4.98 Å². The number of primary amides is 1. The quantitative estimate of drug-likeness (QED) is 0.813. The molecule has 4 nitrogen and oxygen atoms in total. The summed E-state index contributed by atoms with van der Waals surface area (Å²) in [6, 6.07) is 8.95. The lowest BCUT2D eigenvalue weighted by molar-refractivity contribution is 0.0996. The van der Waals surface area contributed by atoms with Gasteiger partial charge in [0.15, 0.2) is 0 Å². The molecule has 0 unspecified atom stereocenters. The van der Waals surface area contributed by atoms with Gasteiger partial charge in [0.1, 0.15) is 23.6 Å². The third-order valence-corrected chi connectivity index (χ3v) is 2.29. The lowest BCUT2D eigenvalue weighted by Gasteiger charge is -2.07. The normalized spacial score (nSPS) is 10.1. The third kappa shape index (κ3) is 2.25. The van der Waals surface area contributed by atoms with Crippen LogP contribution in [0.25, 0.3) is 10.9 Å². The van der Waals surface area contributed by atoms with E-state index in [0.29, 0.717) is 17.9 Å². The van der Waals surface area contributed by atoms with E-state index in [-0.39, 0.29) is 5.69 Å². The first-order valence-corrected chi connectivity index (χ1v) is 5.15. The van der Waals surface area contributed by atoms with E-state index in [4.69, 9.17) is 10.5 Å². The Morgan fingerprint density at radius 3 is 2.94 bits per heavy atom. The highest BCUT2D eigenvalue weighted by Gasteiger charge is 2.07. The summed E-state index contributed by atoms with van der Waals surface area (Å²) in [4.78, 5) is 15.3. The van der Waals surface area contributed by atoms with Crippen molar-refractivity contribution >= 4 is 16.8 Å². The van der Waals surface area contributed by atoms with Crippen LogP contribution < -0.4 is 10.5 Å². The molecule has 0 atom stereocenters. The lowest BCUT2D eigenvalue weighted by atomic mass is 10.2. The Hall–Kier alpha value is -2.36. The van der Waals surface area contributed by atoms with E-state index in [1.807, 2.05) is 12.1 Å². The van der Waals surface area contributed by atoms with Crippen molar-refractivity contribution in [2.24, 2.45) is 5.73 Å². The fourth-order valence-electron chi connectivity index (χ4n) is 1.52. The number of amides is 1. The SMILES string of the molecule is C=CCOc1cccc2ccc(C(N)=O)nc12. The van der Waals surface area contributed by atoms with Crippen LogP contribution in [0.2, 0.25) is 0 Å². The molecule has 0 saturated heterocycles. The zero-order valence-corrected chi connectivity index (χ0v) is 9.22. The molecule has 0 bridgehead atoms. The van der Waals surface area contributed by atoms with Crippen molar-refractivity contribution in [3.05, 3.63) is 48.7 Å². The molecule has 86 valence electrons. The minimum atomic E-state index is -0.551. The van der Waals surface area contributed by atoms with Gasteiger partial charge in [-0.3, -0.25) is 4.79 Å². The maximum absolute atomic E-state index is 11.1. The number of hydrogen-bond acceptors (Lipinski definition) is 3. The Balaban J connectivity index is 2.55. The van der Waals surface area contributed by atoms with Crippen LogP contribution in [0.3, 0.4) is 0 Å². The zero-order chi connectivity index (χ0) is 12.3. The second-order valence-electron chi connectivity index (χ2n) is 3.49. The molecule has 0 saturated carbocycles. The predicted molar refractivity (Wildman–Crippen MR) is 66.0 cm³/mol. The molecule has 0 aliphatic heterocycles. The first-order valence-electron chi connectivity index (χ1n) is 5.15. The molecule has 0 radical (unpaired) electrons. The Bertz CT molecular complexity index is 579. The predicted octanol–water partition coefficient (Wildman–Crippen LogP) is 1.90. The number of fused-ring (bicyclic) bond motifs is 1. The van der Waals surface area contributed by atoms with Crippen LogP contribution in [0.1, 0.15) is 10.5 Å². The molecule has 1 aromatic heterocycles. The van der Waals surface area contributed by atoms with Crippen molar-refractivity contribution in [3.63, 3.8) is 0 Å². The van der Waals surface area contributed by atoms with Crippen molar-refractivity contribution in [3.8, 4) is 5.75 Å². The first kappa shape index (κ1) is 11.1. The first-order chi connectivity index (χ1) is 8.22. The number of aromatic nitrogens is 1. The third-order valence-electron chi connectivity index (χ3n) is 2.29. The number of carbonyl (C=O) groups excluding carboxylic acids is 1. The molecule has 1 amide bonds. The Labute approximate surface area is 98.7 Å². The molecule has 0 aliphatic carbocycles. The van der Waals surface area contributed by atoms with E-state index in [1.54, 1.807) is 24.3 Å². The van der Waals surface area contributed by atoms with Crippen LogP contribution in [0.4, 0.5) is 0 Å². The number of rotatable bonds is 4. The van der Waals surface area contributed by atoms with Crippen molar-refractivity contribution in [2.45, 2.75) is 0 Å². The highest BCUT2D eigenvalue weighted by Crippen LogP contribution is 2.23. The molecular weight excluding hydrogens is 216 g/mol. The van der Waals surface area contributed by atoms with Gasteiger partial charge in [-0.25, -0.2) is 4.98 Å². The van der Waals surface area contributed by atoms with E-state index in [2.05, 4.69) is 11.6 Å². The fraction of sp³-hybridized carbons (Fsp3) is 0.0769. The number of para-hydroxylation sites is 1. The molecule has 0 fully saturated rings. The molecule has 2 rings (SSSR count). The summed E-state index contributed by atoms with van der Waals surface area (Å²) in [6.45, 7) is 3.97. The zero-order valence-electron chi connectivity index (χ0n) is 9.22. The number of nitrogens with two attached hydrogens (primary N) is 1. The number of nitrogens with zero attached hydrogens (tertiary/aromatic N) is 1. The maximum Gasteiger partial charge on any atom is 0.267 e. The van der Waals surface area contributed by atoms with Crippen LogP contribution in [-0.4, -0.2) is 17.5 Å². The average Bonchev–Trinajstić information content (AvgIpc) is 2.35. The summed E-state index contributed by atoms with van der Waals surface area (Å²) in [7, 11) is 0. The summed E-state index contributed by atoms with van der Waals surface area (Å²) in [5.41, 5.74) is 6.06. The summed E-state index contributed by atoms with van der Waals surface area (Å²) in [5.74, 6) is 0.0657. The standard InChI is InChI=1S/C13H12N2O2/c1-2-8-17-11-5-3-4-9-6-7-10(13(14)16)15-12(9)11/h2-7H,1,8H2,(H2,14,16). The summed E-state index contributed by atoms with van der Waals surface area (Å²) >= 11 is 0. The average molecular weight is 228 g/mol. The number of hydrogen-bond donors (Lipinski definition) is 1. The second-order valence-corrected chi connectivity index (χ2v) is 3.49. The molecule has 1 aromatic carbocycles. The van der Waals surface area contributed by atoms with Gasteiger partial charge in [0.05, 0.1) is 0 Å². The van der Waals surface area contributed by atoms with Crippen molar-refractivity contribution in [2.75, 3.05) is 6.61 Å². The lowest BCUT2D eigenvalue weighted by Crippen LogP contribution is -2.12. The topological polar surface area (TPSA) is 65.2 Å². The maximum atomic E-state index is 11.1. The van der Waals surface area contributed by atoms with Gasteiger partial charge in [0.25, 0.3) is 5.91 Å². The molecule has 0 spiro atoms. The minimum absolute atomic E-state index is 0.229. The summed E-state index contributed by atoms with van der Waals surface area (Å²) < 4.78 is 5.47. The van der Waals surface area contributed by atoms with Gasteiger partial charge in [-0.2, -0.15) is 0 Å². The molecule has 17 heavy (non-hydrogen) atoms. The summed E-state index contributed by atoms with van der Waals surface area (Å²) in [5, 5.41) is 0.900. The summed E-state index contributed by atoms with van der Waals surface area (Å²) in [6.07, 6.45) is 1.65. The minimum Gasteiger partial charge on any atom is -0.487 e. The largest absolute Gasteiger partial charge is 0.487 e. The Morgan fingerprint density at radius 1 is 1.41 bits per heavy atom. The van der Waals surface area contributed by atoms with Gasteiger partial charge >= 0.3 is 0 Å². The molecular formula is C13H12N2O2. The van der Waals surface area contributed by atoms with Gasteiger partial charge in [-0.1, -0.05) is 30.9 Å². The number of pyridine rings is 1. The van der Waals surface area contributed by atoms with Crippen LogP contribution in [0.5, 0.6) is 5.75 Å². The van der Waals surface area contributed by atoms with E-state index >= 15 is 0 Å². The van der Waals surface area contributed by atoms with E-state index in [1.165, 1.54) is 0 Å². The highest BCUT2D eigenvalue weighted by atomic mass is 16.5. The van der Waals surface area contributed by atoms with Crippen molar-refractivity contribution in [1.29, 1.82) is 0 Å². The van der Waals surface area contributed by atoms with Crippen molar-refractivity contribution < 1.29 is 9.53 Å². The van der Waals surface area contributed by atoms with E-state index in [9.17, 15) is 4.79 Å². The number of ether oxygens (including phenoxy) is 1. The molecule has 4 heteroatoms. The van der Waals surface area contributed by atoms with Gasteiger partial charge < -0.3 is 10.5 Å². The van der Waals surface area contributed by atoms with Crippen LogP contribution in [0.15, 0.2) is 43.0 Å². The Kier molecular flexibility index (Phi) is 3.05. The molecule has 0 aliphatic rings. The highest BCUT2D eigenvalue weighted by molar-refractivity contribution is 5.94. The Morgan fingerprint density at radius 2 is 2.24 bits per heavy atom. The molecule has 1 heterocycles. The number of benzene rings is 1.